The average molecular weight is 245 g/mol. The molecule has 17 heavy (non-hydrogen) atoms. The van der Waals surface area contributed by atoms with Crippen LogP contribution in [0.2, 0.25) is 0 Å². The van der Waals surface area contributed by atoms with Gasteiger partial charge in [-0.1, -0.05) is 13.0 Å². The summed E-state index contributed by atoms with van der Waals surface area (Å²) in [7, 11) is 1.82. The van der Waals surface area contributed by atoms with Crippen LogP contribution in [0.25, 0.3) is 0 Å². The Kier molecular flexibility index (Phi) is 5.35. The van der Waals surface area contributed by atoms with Crippen LogP contribution in [-0.4, -0.2) is 19.8 Å². The molecule has 0 saturated carbocycles. The smallest absolute Gasteiger partial charge is 0.165 e. The van der Waals surface area contributed by atoms with Crippen molar-refractivity contribution in [2.45, 2.75) is 32.5 Å². The van der Waals surface area contributed by atoms with E-state index in [1.807, 2.05) is 14.0 Å². The second kappa shape index (κ2) is 6.55. The Hall–Kier alpha value is -1.16. The van der Waals surface area contributed by atoms with E-state index in [2.05, 4.69) is 5.32 Å². The third kappa shape index (κ3) is 3.97. The summed E-state index contributed by atoms with van der Waals surface area (Å²) in [4.78, 5) is 0. The molecule has 0 amide bonds. The molecule has 2 atom stereocenters. The third-order valence-electron chi connectivity index (χ3n) is 2.75. The largest absolute Gasteiger partial charge is 0.487 e. The Morgan fingerprint density at radius 2 is 2.18 bits per heavy atom. The first-order valence-electron chi connectivity index (χ1n) is 5.82. The van der Waals surface area contributed by atoms with Crippen molar-refractivity contribution in [2.24, 2.45) is 0 Å². The molecule has 1 aromatic rings. The van der Waals surface area contributed by atoms with Crippen molar-refractivity contribution in [2.75, 3.05) is 13.7 Å². The minimum Gasteiger partial charge on any atom is -0.487 e. The molecule has 4 heteroatoms. The second-order valence-electron chi connectivity index (χ2n) is 4.02. The topological polar surface area (TPSA) is 21.3 Å². The second-order valence-corrected chi connectivity index (χ2v) is 4.02. The van der Waals surface area contributed by atoms with Crippen LogP contribution in [0.3, 0.4) is 0 Å². The van der Waals surface area contributed by atoms with Gasteiger partial charge < -0.3 is 10.1 Å². The lowest BCUT2D eigenvalue weighted by Crippen LogP contribution is -2.14. The summed E-state index contributed by atoms with van der Waals surface area (Å²) >= 11 is 0. The lowest BCUT2D eigenvalue weighted by atomic mass is 10.1. The van der Waals surface area contributed by atoms with Gasteiger partial charge in [0.05, 0.1) is 0 Å². The zero-order valence-electron chi connectivity index (χ0n) is 10.5. The van der Waals surface area contributed by atoms with Gasteiger partial charge in [0.1, 0.15) is 12.8 Å². The highest BCUT2D eigenvalue weighted by atomic mass is 19.1. The van der Waals surface area contributed by atoms with Crippen LogP contribution in [0.1, 0.15) is 33.3 Å². The maximum absolute atomic E-state index is 13.4. The molecule has 0 aliphatic heterocycles. The number of halogens is 2. The van der Waals surface area contributed by atoms with Crippen molar-refractivity contribution in [3.8, 4) is 5.75 Å². The Morgan fingerprint density at radius 3 is 2.76 bits per heavy atom. The molecule has 0 aromatic heterocycles. The quantitative estimate of drug-likeness (QED) is 0.828. The van der Waals surface area contributed by atoms with Gasteiger partial charge in [-0.05, 0) is 38.1 Å². The highest BCUT2D eigenvalue weighted by Gasteiger charge is 2.11. The highest BCUT2D eigenvalue weighted by Crippen LogP contribution is 2.23. The first kappa shape index (κ1) is 13.9. The van der Waals surface area contributed by atoms with Gasteiger partial charge in [-0.2, -0.15) is 0 Å². The number of benzene rings is 1. The first-order valence-corrected chi connectivity index (χ1v) is 5.82. The van der Waals surface area contributed by atoms with Crippen molar-refractivity contribution in [1.82, 2.24) is 5.32 Å². The Morgan fingerprint density at radius 1 is 1.47 bits per heavy atom. The van der Waals surface area contributed by atoms with Gasteiger partial charge in [-0.15, -0.1) is 0 Å². The molecule has 1 N–H and O–H groups in total. The number of rotatable bonds is 6. The highest BCUT2D eigenvalue weighted by molar-refractivity contribution is 5.32. The Labute approximate surface area is 102 Å². The summed E-state index contributed by atoms with van der Waals surface area (Å²) < 4.78 is 31.6. The van der Waals surface area contributed by atoms with Gasteiger partial charge in [0.2, 0.25) is 0 Å². The number of alkyl halides is 1. The van der Waals surface area contributed by atoms with Crippen molar-refractivity contribution in [1.29, 1.82) is 0 Å². The Balaban J connectivity index is 0.00000289. The zero-order chi connectivity index (χ0) is 12.8. The van der Waals surface area contributed by atoms with E-state index >= 15 is 0 Å². The molecule has 0 radical (unpaired) electrons. The molecule has 0 bridgehead atoms. The first-order chi connectivity index (χ1) is 8.08. The molecular weight excluding hydrogens is 224 g/mol. The van der Waals surface area contributed by atoms with E-state index in [1.54, 1.807) is 19.1 Å². The molecule has 98 valence electrons. The standard InChI is InChI=1S/C13H19F2NO.H2/c1-4-11(14)8-17-13-7-10(9(2)16-3)5-6-12(13)15;/h5-7,9,11,16H,4,8H2,1-3H3;1H/t9-,11?;/m1./s1. The van der Waals surface area contributed by atoms with Gasteiger partial charge in [0.15, 0.2) is 11.6 Å². The minimum absolute atomic E-state index is 0. The van der Waals surface area contributed by atoms with Gasteiger partial charge in [0.25, 0.3) is 0 Å². The van der Waals surface area contributed by atoms with Gasteiger partial charge in [-0.25, -0.2) is 8.78 Å². The molecule has 0 spiro atoms. The average Bonchev–Trinajstić information content (AvgIpc) is 2.36. The number of hydrogen-bond donors (Lipinski definition) is 1. The Bertz CT molecular complexity index is 363. The summed E-state index contributed by atoms with van der Waals surface area (Å²) in [6, 6.07) is 4.75. The van der Waals surface area contributed by atoms with Crippen LogP contribution in [0, 0.1) is 5.82 Å². The predicted octanol–water partition coefficient (Wildman–Crippen LogP) is 3.48. The summed E-state index contributed by atoms with van der Waals surface area (Å²) in [5.41, 5.74) is 0.913. The third-order valence-corrected chi connectivity index (χ3v) is 2.75. The molecular formula is C13H21F2NO. The van der Waals surface area contributed by atoms with Crippen LogP contribution in [0.5, 0.6) is 5.75 Å². The van der Waals surface area contributed by atoms with E-state index in [1.165, 1.54) is 6.07 Å². The van der Waals surface area contributed by atoms with Crippen molar-refractivity contribution in [3.63, 3.8) is 0 Å². The van der Waals surface area contributed by atoms with Crippen LogP contribution >= 0.6 is 0 Å². The molecule has 0 aliphatic carbocycles. The molecule has 1 unspecified atom stereocenters. The summed E-state index contributed by atoms with van der Waals surface area (Å²) in [6.07, 6.45) is -0.686. The van der Waals surface area contributed by atoms with Crippen molar-refractivity contribution < 1.29 is 14.9 Å². The molecule has 0 heterocycles. The van der Waals surface area contributed by atoms with E-state index in [-0.39, 0.29) is 19.8 Å². The summed E-state index contributed by atoms with van der Waals surface area (Å²) in [5, 5.41) is 3.05. The lowest BCUT2D eigenvalue weighted by molar-refractivity contribution is 0.186. The van der Waals surface area contributed by atoms with E-state index < -0.39 is 12.0 Å². The predicted molar refractivity (Wildman–Crippen MR) is 66.7 cm³/mol. The maximum atomic E-state index is 13.4. The number of ether oxygens (including phenoxy) is 1. The fraction of sp³-hybridized carbons (Fsp3) is 0.538. The lowest BCUT2D eigenvalue weighted by Gasteiger charge is -2.14. The van der Waals surface area contributed by atoms with Crippen LogP contribution in [-0.2, 0) is 0 Å². The van der Waals surface area contributed by atoms with E-state index in [0.29, 0.717) is 6.42 Å². The minimum atomic E-state index is -1.06. The molecule has 2 nitrogen and oxygen atoms in total. The number of hydrogen-bond acceptors (Lipinski definition) is 2. The van der Waals surface area contributed by atoms with Gasteiger partial charge >= 0.3 is 0 Å². The molecule has 1 rings (SSSR count). The SMILES string of the molecule is CCC(F)COc1cc([C@@H](C)NC)ccc1F.[HH]. The van der Waals surface area contributed by atoms with E-state index in [0.717, 1.165) is 5.56 Å². The van der Waals surface area contributed by atoms with E-state index in [4.69, 9.17) is 4.74 Å². The maximum Gasteiger partial charge on any atom is 0.165 e. The van der Waals surface area contributed by atoms with Crippen molar-refractivity contribution >= 4 is 0 Å². The fourth-order valence-electron chi connectivity index (χ4n) is 1.36. The van der Waals surface area contributed by atoms with Crippen LogP contribution in [0.4, 0.5) is 8.78 Å². The van der Waals surface area contributed by atoms with Gasteiger partial charge in [0, 0.05) is 7.47 Å². The number of nitrogens with one attached hydrogen (secondary N) is 1. The fourth-order valence-corrected chi connectivity index (χ4v) is 1.36. The molecule has 0 aliphatic rings. The van der Waals surface area contributed by atoms with E-state index in [9.17, 15) is 8.78 Å². The van der Waals surface area contributed by atoms with Crippen molar-refractivity contribution in [3.05, 3.63) is 29.6 Å². The molecule has 1 aromatic carbocycles. The van der Waals surface area contributed by atoms with Crippen LogP contribution in [0.15, 0.2) is 18.2 Å². The normalized spacial score (nSPS) is 14.4. The zero-order valence-corrected chi connectivity index (χ0v) is 10.5. The molecule has 0 saturated heterocycles. The van der Waals surface area contributed by atoms with Crippen LogP contribution < -0.4 is 10.1 Å². The molecule has 0 fully saturated rings. The monoisotopic (exact) mass is 245 g/mol. The summed E-state index contributed by atoms with van der Waals surface area (Å²) in [5.74, 6) is -0.346. The van der Waals surface area contributed by atoms with Gasteiger partial charge in [-0.3, -0.25) is 0 Å². The summed E-state index contributed by atoms with van der Waals surface area (Å²) in [6.45, 7) is 3.58.